The molecule has 2 atom stereocenters. The number of hydrogen-bond acceptors (Lipinski definition) is 3. The molecule has 0 spiro atoms. The van der Waals surface area contributed by atoms with Crippen molar-refractivity contribution in [2.45, 2.75) is 57.7 Å². The highest BCUT2D eigenvalue weighted by atomic mass is 35.5. The molecule has 2 rings (SSSR count). The molecule has 1 fully saturated rings. The van der Waals surface area contributed by atoms with Gasteiger partial charge >= 0.3 is 0 Å². The summed E-state index contributed by atoms with van der Waals surface area (Å²) in [4.78, 5) is 0. The summed E-state index contributed by atoms with van der Waals surface area (Å²) in [6, 6.07) is 2.87. The van der Waals surface area contributed by atoms with Gasteiger partial charge in [-0.3, -0.25) is 10.00 Å². The van der Waals surface area contributed by atoms with Crippen LogP contribution in [0.25, 0.3) is 0 Å². The van der Waals surface area contributed by atoms with E-state index < -0.39 is 0 Å². The topological polar surface area (TPSA) is 53.6 Å². The van der Waals surface area contributed by atoms with E-state index in [0.29, 0.717) is 17.0 Å². The molecule has 0 aliphatic heterocycles. The zero-order valence-corrected chi connectivity index (χ0v) is 12.3. The lowest BCUT2D eigenvalue weighted by atomic mass is 9.85. The van der Waals surface area contributed by atoms with Crippen molar-refractivity contribution in [1.29, 1.82) is 5.26 Å². The predicted octanol–water partition coefficient (Wildman–Crippen LogP) is 2.99. The third-order valence-electron chi connectivity index (χ3n) is 3.87. The van der Waals surface area contributed by atoms with Crippen LogP contribution in [0.1, 0.15) is 39.5 Å². The number of halogens is 1. The summed E-state index contributed by atoms with van der Waals surface area (Å²) in [6.45, 7) is 5.02. The molecule has 0 saturated heterocycles. The molecule has 2 unspecified atom stereocenters. The van der Waals surface area contributed by atoms with Crippen molar-refractivity contribution in [2.75, 3.05) is 0 Å². The van der Waals surface area contributed by atoms with E-state index >= 15 is 0 Å². The minimum Gasteiger partial charge on any atom is -0.297 e. The van der Waals surface area contributed by atoms with Crippen LogP contribution < -0.4 is 5.32 Å². The number of aryl methyl sites for hydroxylation is 1. The Hall–Kier alpha value is -1.05. The molecule has 4 nitrogen and oxygen atoms in total. The van der Waals surface area contributed by atoms with Crippen LogP contribution >= 0.6 is 11.6 Å². The lowest BCUT2D eigenvalue weighted by molar-refractivity contribution is 0.269. The minimum atomic E-state index is -0.356. The summed E-state index contributed by atoms with van der Waals surface area (Å²) in [5, 5.41) is 17.9. The van der Waals surface area contributed by atoms with Crippen molar-refractivity contribution < 1.29 is 0 Å². The average Bonchev–Trinajstić information content (AvgIpc) is 2.93. The van der Waals surface area contributed by atoms with E-state index in [1.807, 2.05) is 10.9 Å². The fourth-order valence-corrected chi connectivity index (χ4v) is 3.26. The minimum absolute atomic E-state index is 0.333. The molecular formula is C14H21ClN4. The molecule has 5 heteroatoms. The first-order chi connectivity index (χ1) is 9.05. The van der Waals surface area contributed by atoms with Crippen LogP contribution in [-0.2, 0) is 6.54 Å². The second-order valence-electron chi connectivity index (χ2n) is 5.68. The van der Waals surface area contributed by atoms with E-state index in [9.17, 15) is 5.26 Å². The van der Waals surface area contributed by atoms with Gasteiger partial charge in [-0.2, -0.15) is 10.4 Å². The number of rotatable bonds is 5. The summed E-state index contributed by atoms with van der Waals surface area (Å²) in [5.41, 5.74) is -0.356. The van der Waals surface area contributed by atoms with Crippen LogP contribution in [0, 0.1) is 17.2 Å². The molecule has 1 aromatic rings. The van der Waals surface area contributed by atoms with E-state index in [1.165, 1.54) is 0 Å². The Morgan fingerprint density at radius 2 is 2.47 bits per heavy atom. The van der Waals surface area contributed by atoms with Gasteiger partial charge in [-0.05, 0) is 39.0 Å². The molecule has 1 heterocycles. The largest absolute Gasteiger partial charge is 0.297 e. The smallest absolute Gasteiger partial charge is 0.109 e. The SMILES string of the molecule is CC(C)NC1(C#N)CCCC1CCn1cc(Cl)cn1. The van der Waals surface area contributed by atoms with Crippen molar-refractivity contribution >= 4 is 11.6 Å². The van der Waals surface area contributed by atoms with Gasteiger partial charge in [0, 0.05) is 18.8 Å². The summed E-state index contributed by atoms with van der Waals surface area (Å²) in [7, 11) is 0. The highest BCUT2D eigenvalue weighted by Crippen LogP contribution is 2.38. The molecule has 0 bridgehead atoms. The number of hydrogen-bond donors (Lipinski definition) is 1. The zero-order valence-electron chi connectivity index (χ0n) is 11.6. The van der Waals surface area contributed by atoms with E-state index in [2.05, 4.69) is 30.3 Å². The van der Waals surface area contributed by atoms with Gasteiger partial charge in [0.2, 0.25) is 0 Å². The number of aromatic nitrogens is 2. The molecule has 0 radical (unpaired) electrons. The third-order valence-corrected chi connectivity index (χ3v) is 4.07. The number of nitriles is 1. The molecule has 1 aromatic heterocycles. The first-order valence-corrected chi connectivity index (χ1v) is 7.30. The lowest BCUT2D eigenvalue weighted by Crippen LogP contribution is -2.50. The third kappa shape index (κ3) is 3.29. The van der Waals surface area contributed by atoms with Gasteiger partial charge in [-0.15, -0.1) is 0 Å². The number of nitrogens with one attached hydrogen (secondary N) is 1. The first kappa shape index (κ1) is 14.4. The molecular weight excluding hydrogens is 260 g/mol. The molecule has 1 aliphatic carbocycles. The van der Waals surface area contributed by atoms with Gasteiger partial charge in [0.1, 0.15) is 5.54 Å². The maximum atomic E-state index is 9.58. The van der Waals surface area contributed by atoms with Crippen molar-refractivity contribution in [2.24, 2.45) is 5.92 Å². The quantitative estimate of drug-likeness (QED) is 0.902. The fraction of sp³-hybridized carbons (Fsp3) is 0.714. The van der Waals surface area contributed by atoms with Gasteiger partial charge in [-0.1, -0.05) is 18.0 Å². The second kappa shape index (κ2) is 5.94. The van der Waals surface area contributed by atoms with Crippen LogP contribution in [0.5, 0.6) is 0 Å². The zero-order chi connectivity index (χ0) is 13.9. The van der Waals surface area contributed by atoms with Crippen LogP contribution in [0.15, 0.2) is 12.4 Å². The van der Waals surface area contributed by atoms with Crippen LogP contribution in [-0.4, -0.2) is 21.4 Å². The first-order valence-electron chi connectivity index (χ1n) is 6.92. The van der Waals surface area contributed by atoms with Crippen molar-refractivity contribution in [3.05, 3.63) is 17.4 Å². The van der Waals surface area contributed by atoms with E-state index in [1.54, 1.807) is 6.20 Å². The van der Waals surface area contributed by atoms with Crippen molar-refractivity contribution in [3.8, 4) is 6.07 Å². The Labute approximate surface area is 119 Å². The summed E-state index contributed by atoms with van der Waals surface area (Å²) in [6.07, 6.45) is 7.64. The molecule has 1 saturated carbocycles. The Morgan fingerprint density at radius 3 is 3.05 bits per heavy atom. The second-order valence-corrected chi connectivity index (χ2v) is 6.12. The molecule has 19 heavy (non-hydrogen) atoms. The number of nitrogens with zero attached hydrogens (tertiary/aromatic N) is 3. The van der Waals surface area contributed by atoms with Gasteiger partial charge in [0.05, 0.1) is 17.3 Å². The Balaban J connectivity index is 2.00. The molecule has 104 valence electrons. The van der Waals surface area contributed by atoms with E-state index in [4.69, 9.17) is 11.6 Å². The molecule has 0 amide bonds. The summed E-state index contributed by atoms with van der Waals surface area (Å²) in [5.74, 6) is 0.392. The Bertz CT molecular complexity index is 462. The van der Waals surface area contributed by atoms with Gasteiger partial charge in [0.25, 0.3) is 0 Å². The van der Waals surface area contributed by atoms with Gasteiger partial charge < -0.3 is 0 Å². The van der Waals surface area contributed by atoms with E-state index in [-0.39, 0.29) is 5.54 Å². The summed E-state index contributed by atoms with van der Waals surface area (Å²) >= 11 is 5.86. The predicted molar refractivity (Wildman–Crippen MR) is 75.8 cm³/mol. The summed E-state index contributed by atoms with van der Waals surface area (Å²) < 4.78 is 1.86. The Kier molecular flexibility index (Phi) is 4.49. The van der Waals surface area contributed by atoms with Crippen molar-refractivity contribution in [1.82, 2.24) is 15.1 Å². The molecule has 1 aliphatic rings. The van der Waals surface area contributed by atoms with Crippen LogP contribution in [0.4, 0.5) is 0 Å². The monoisotopic (exact) mass is 280 g/mol. The molecule has 0 aromatic carbocycles. The van der Waals surface area contributed by atoms with Gasteiger partial charge in [0.15, 0.2) is 0 Å². The standard InChI is InChI=1S/C14H21ClN4/c1-11(2)18-14(10-16)6-3-4-12(14)5-7-19-9-13(15)8-17-19/h8-9,11-12,18H,3-7H2,1-2H3. The Morgan fingerprint density at radius 1 is 1.68 bits per heavy atom. The lowest BCUT2D eigenvalue weighted by Gasteiger charge is -2.32. The van der Waals surface area contributed by atoms with Gasteiger partial charge in [-0.25, -0.2) is 0 Å². The van der Waals surface area contributed by atoms with E-state index in [0.717, 1.165) is 32.2 Å². The van der Waals surface area contributed by atoms with Crippen LogP contribution in [0.3, 0.4) is 0 Å². The normalized spacial score (nSPS) is 26.8. The maximum Gasteiger partial charge on any atom is 0.109 e. The highest BCUT2D eigenvalue weighted by Gasteiger charge is 2.43. The van der Waals surface area contributed by atoms with Crippen LogP contribution in [0.2, 0.25) is 5.02 Å². The average molecular weight is 281 g/mol. The fourth-order valence-electron chi connectivity index (χ4n) is 3.10. The maximum absolute atomic E-state index is 9.58. The highest BCUT2D eigenvalue weighted by molar-refractivity contribution is 6.30. The van der Waals surface area contributed by atoms with Crippen molar-refractivity contribution in [3.63, 3.8) is 0 Å². The molecule has 1 N–H and O–H groups in total.